The van der Waals surface area contributed by atoms with E-state index >= 15 is 0 Å². The predicted octanol–water partition coefficient (Wildman–Crippen LogP) is 2.88. The Morgan fingerprint density at radius 1 is 1.25 bits per heavy atom. The second-order valence-electron chi connectivity index (χ2n) is 6.72. The highest BCUT2D eigenvalue weighted by Crippen LogP contribution is 2.21. The molecule has 0 aliphatic carbocycles. The van der Waals surface area contributed by atoms with E-state index < -0.39 is 0 Å². The Labute approximate surface area is 176 Å². The van der Waals surface area contributed by atoms with Gasteiger partial charge < -0.3 is 14.6 Å². The summed E-state index contributed by atoms with van der Waals surface area (Å²) in [5, 5.41) is 8.72. The number of halogens is 1. The van der Waals surface area contributed by atoms with Crippen molar-refractivity contribution in [3.05, 3.63) is 52.3 Å². The van der Waals surface area contributed by atoms with Crippen molar-refractivity contribution in [3.63, 3.8) is 0 Å². The van der Waals surface area contributed by atoms with Gasteiger partial charge in [-0.2, -0.15) is 5.10 Å². The fraction of sp³-hybridized carbons (Fsp3) is 0.400. The summed E-state index contributed by atoms with van der Waals surface area (Å²) in [7, 11) is 0. The Bertz CT molecular complexity index is 828. The molecule has 1 aromatic heterocycles. The van der Waals surface area contributed by atoms with E-state index in [0.717, 1.165) is 67.1 Å². The molecule has 0 atom stereocenters. The Morgan fingerprint density at radius 3 is 2.68 bits per heavy atom. The molecule has 6 nitrogen and oxygen atoms in total. The minimum atomic E-state index is 0.524. The number of hydrazone groups is 1. The number of hydrogen-bond donors (Lipinski definition) is 2. The number of ether oxygens (including phenoxy) is 1. The maximum atomic E-state index is 6.00. The molecular formula is C20H26ClN5OS. The van der Waals surface area contributed by atoms with Crippen LogP contribution >= 0.6 is 23.8 Å². The summed E-state index contributed by atoms with van der Waals surface area (Å²) in [6.45, 7) is 9.44. The van der Waals surface area contributed by atoms with Gasteiger partial charge in [0.25, 0.3) is 0 Å². The lowest BCUT2D eigenvalue weighted by Gasteiger charge is -2.26. The van der Waals surface area contributed by atoms with E-state index in [0.29, 0.717) is 5.11 Å². The van der Waals surface area contributed by atoms with Gasteiger partial charge in [-0.1, -0.05) is 11.6 Å². The summed E-state index contributed by atoms with van der Waals surface area (Å²) in [5.74, 6) is 0. The molecule has 2 heterocycles. The van der Waals surface area contributed by atoms with Gasteiger partial charge in [-0.05, 0) is 56.4 Å². The van der Waals surface area contributed by atoms with Crippen LogP contribution in [0.2, 0.25) is 5.02 Å². The van der Waals surface area contributed by atoms with Crippen LogP contribution in [-0.4, -0.2) is 60.2 Å². The minimum Gasteiger partial charge on any atom is -0.379 e. The quantitative estimate of drug-likeness (QED) is 0.428. The van der Waals surface area contributed by atoms with Crippen LogP contribution in [0.1, 0.15) is 17.0 Å². The Morgan fingerprint density at radius 2 is 1.96 bits per heavy atom. The van der Waals surface area contributed by atoms with Gasteiger partial charge in [0.2, 0.25) is 0 Å². The molecule has 1 aliphatic rings. The molecule has 0 amide bonds. The second kappa shape index (κ2) is 10.0. The highest BCUT2D eigenvalue weighted by Gasteiger charge is 2.10. The highest BCUT2D eigenvalue weighted by molar-refractivity contribution is 7.80. The third-order valence-corrected chi connectivity index (χ3v) is 5.23. The van der Waals surface area contributed by atoms with Crippen molar-refractivity contribution >= 4 is 35.1 Å². The Kier molecular flexibility index (Phi) is 7.44. The fourth-order valence-corrected chi connectivity index (χ4v) is 3.54. The van der Waals surface area contributed by atoms with Gasteiger partial charge in [0.15, 0.2) is 5.11 Å². The van der Waals surface area contributed by atoms with Crippen molar-refractivity contribution in [1.82, 2.24) is 20.2 Å². The topological polar surface area (TPSA) is 53.8 Å². The number of nitrogens with one attached hydrogen (secondary N) is 2. The maximum Gasteiger partial charge on any atom is 0.187 e. The van der Waals surface area contributed by atoms with E-state index in [-0.39, 0.29) is 0 Å². The molecule has 28 heavy (non-hydrogen) atoms. The monoisotopic (exact) mass is 419 g/mol. The molecule has 150 valence electrons. The first-order chi connectivity index (χ1) is 13.5. The van der Waals surface area contributed by atoms with Gasteiger partial charge in [-0.15, -0.1) is 0 Å². The van der Waals surface area contributed by atoms with E-state index in [1.54, 1.807) is 6.21 Å². The highest BCUT2D eigenvalue weighted by atomic mass is 35.5. The lowest BCUT2D eigenvalue weighted by atomic mass is 10.2. The molecule has 2 aromatic rings. The lowest BCUT2D eigenvalue weighted by Crippen LogP contribution is -2.42. The van der Waals surface area contributed by atoms with Gasteiger partial charge in [0.1, 0.15) is 0 Å². The van der Waals surface area contributed by atoms with Crippen LogP contribution in [-0.2, 0) is 4.74 Å². The van der Waals surface area contributed by atoms with Crippen molar-refractivity contribution in [2.24, 2.45) is 5.10 Å². The number of aromatic nitrogens is 1. The summed E-state index contributed by atoms with van der Waals surface area (Å²) in [6, 6.07) is 9.91. The zero-order valence-electron chi connectivity index (χ0n) is 16.2. The molecule has 1 fully saturated rings. The van der Waals surface area contributed by atoms with Gasteiger partial charge in [0.05, 0.1) is 19.4 Å². The standard InChI is InChI=1S/C20H26ClN5OS/c1-15-13-17(16(2)26(15)19-5-3-18(21)4-6-19)14-23-24-20(28)22-7-8-25-9-11-27-12-10-25/h3-6,13-14H,7-12H2,1-2H3,(H2,22,24,28)/b23-14+. The first-order valence-electron chi connectivity index (χ1n) is 9.36. The fourth-order valence-electron chi connectivity index (χ4n) is 3.26. The number of hydrogen-bond acceptors (Lipinski definition) is 4. The van der Waals surface area contributed by atoms with Gasteiger partial charge in [-0.3, -0.25) is 10.3 Å². The molecular weight excluding hydrogens is 394 g/mol. The molecule has 3 rings (SSSR count). The summed E-state index contributed by atoms with van der Waals surface area (Å²) >= 11 is 11.3. The van der Waals surface area contributed by atoms with Crippen LogP contribution in [0.5, 0.6) is 0 Å². The maximum absolute atomic E-state index is 6.00. The molecule has 8 heteroatoms. The van der Waals surface area contributed by atoms with Crippen molar-refractivity contribution in [2.75, 3.05) is 39.4 Å². The molecule has 0 unspecified atom stereocenters. The lowest BCUT2D eigenvalue weighted by molar-refractivity contribution is 0.0389. The van der Waals surface area contributed by atoms with E-state index in [2.05, 4.69) is 45.2 Å². The third kappa shape index (κ3) is 5.54. The molecule has 2 N–H and O–H groups in total. The molecule has 0 saturated carbocycles. The van der Waals surface area contributed by atoms with E-state index in [1.807, 2.05) is 24.3 Å². The van der Waals surface area contributed by atoms with Gasteiger partial charge in [0, 0.05) is 53.8 Å². The second-order valence-corrected chi connectivity index (χ2v) is 7.56. The van der Waals surface area contributed by atoms with Crippen LogP contribution in [0.3, 0.4) is 0 Å². The van der Waals surface area contributed by atoms with E-state index in [9.17, 15) is 0 Å². The molecule has 0 radical (unpaired) electrons. The summed E-state index contributed by atoms with van der Waals surface area (Å²) in [5.41, 5.74) is 7.25. The number of nitrogens with zero attached hydrogens (tertiary/aromatic N) is 3. The molecule has 1 aromatic carbocycles. The number of aryl methyl sites for hydroxylation is 1. The number of morpholine rings is 1. The molecule has 0 bridgehead atoms. The third-order valence-electron chi connectivity index (χ3n) is 4.74. The van der Waals surface area contributed by atoms with Crippen molar-refractivity contribution in [2.45, 2.75) is 13.8 Å². The molecule has 0 spiro atoms. The number of thiocarbonyl (C=S) groups is 1. The zero-order chi connectivity index (χ0) is 19.9. The van der Waals surface area contributed by atoms with Crippen molar-refractivity contribution in [1.29, 1.82) is 0 Å². The first kappa shape index (κ1) is 20.8. The summed E-state index contributed by atoms with van der Waals surface area (Å²) < 4.78 is 7.53. The van der Waals surface area contributed by atoms with E-state index in [1.165, 1.54) is 0 Å². The Hall–Kier alpha value is -1.93. The average molecular weight is 420 g/mol. The van der Waals surface area contributed by atoms with Crippen molar-refractivity contribution < 1.29 is 4.74 Å². The average Bonchev–Trinajstić information content (AvgIpc) is 2.97. The normalized spacial score (nSPS) is 15.1. The van der Waals surface area contributed by atoms with Crippen LogP contribution in [0.25, 0.3) is 5.69 Å². The van der Waals surface area contributed by atoms with Crippen LogP contribution in [0, 0.1) is 13.8 Å². The first-order valence-corrected chi connectivity index (χ1v) is 10.1. The van der Waals surface area contributed by atoms with Crippen LogP contribution < -0.4 is 10.7 Å². The predicted molar refractivity (Wildman–Crippen MR) is 119 cm³/mol. The SMILES string of the molecule is Cc1cc(/C=N/NC(=S)NCCN2CCOCC2)c(C)n1-c1ccc(Cl)cc1. The Balaban J connectivity index is 1.52. The molecule has 1 aliphatic heterocycles. The summed E-state index contributed by atoms with van der Waals surface area (Å²) in [6.07, 6.45) is 1.80. The van der Waals surface area contributed by atoms with Crippen LogP contribution in [0.15, 0.2) is 35.4 Å². The molecule has 1 saturated heterocycles. The largest absolute Gasteiger partial charge is 0.379 e. The van der Waals surface area contributed by atoms with Crippen molar-refractivity contribution in [3.8, 4) is 5.69 Å². The minimum absolute atomic E-state index is 0.524. The van der Waals surface area contributed by atoms with Crippen LogP contribution in [0.4, 0.5) is 0 Å². The van der Waals surface area contributed by atoms with Gasteiger partial charge in [-0.25, -0.2) is 0 Å². The van der Waals surface area contributed by atoms with E-state index in [4.69, 9.17) is 28.6 Å². The van der Waals surface area contributed by atoms with Gasteiger partial charge >= 0.3 is 0 Å². The summed E-state index contributed by atoms with van der Waals surface area (Å²) in [4.78, 5) is 2.36. The zero-order valence-corrected chi connectivity index (χ0v) is 17.8. The smallest absolute Gasteiger partial charge is 0.187 e. The number of benzene rings is 1. The number of rotatable bonds is 6.